The fraction of sp³-hybridized carbons (Fsp3) is 0.455. The number of aryl methyl sites for hydroxylation is 1. The lowest BCUT2D eigenvalue weighted by molar-refractivity contribution is -0.0169. The van der Waals surface area contributed by atoms with Gasteiger partial charge in [0.2, 0.25) is 0 Å². The fourth-order valence-electron chi connectivity index (χ4n) is 1.85. The zero-order chi connectivity index (χ0) is 12.6. The zero-order valence-electron chi connectivity index (χ0n) is 9.47. The van der Waals surface area contributed by atoms with Crippen LogP contribution in [0.15, 0.2) is 27.9 Å². The first-order valence-corrected chi connectivity index (χ1v) is 5.29. The molecule has 1 aromatic heterocycles. The van der Waals surface area contributed by atoms with Crippen LogP contribution in [-0.4, -0.2) is 27.4 Å². The highest BCUT2D eigenvalue weighted by Crippen LogP contribution is 2.31. The van der Waals surface area contributed by atoms with Crippen LogP contribution in [-0.2, 0) is 4.74 Å². The van der Waals surface area contributed by atoms with Crippen molar-refractivity contribution >= 4 is 0 Å². The first kappa shape index (κ1) is 11.8. The summed E-state index contributed by atoms with van der Waals surface area (Å²) in [5, 5.41) is 9.01. The van der Waals surface area contributed by atoms with Crippen LogP contribution in [0.25, 0.3) is 0 Å². The molecule has 92 valence electrons. The molecule has 0 radical (unpaired) electrons. The summed E-state index contributed by atoms with van der Waals surface area (Å²) < 4.78 is 6.76. The summed E-state index contributed by atoms with van der Waals surface area (Å²) in [5.41, 5.74) is 0.185. The van der Waals surface area contributed by atoms with Gasteiger partial charge in [-0.3, -0.25) is 14.3 Å². The molecule has 1 aromatic rings. The van der Waals surface area contributed by atoms with Gasteiger partial charge in [0.05, 0.1) is 12.7 Å². The maximum Gasteiger partial charge on any atom is 0.330 e. The van der Waals surface area contributed by atoms with Crippen molar-refractivity contribution in [2.24, 2.45) is 0 Å². The highest BCUT2D eigenvalue weighted by molar-refractivity contribution is 5.10. The van der Waals surface area contributed by atoms with Crippen molar-refractivity contribution in [3.63, 3.8) is 0 Å². The van der Waals surface area contributed by atoms with Crippen molar-refractivity contribution in [1.82, 2.24) is 9.55 Å². The van der Waals surface area contributed by atoms with E-state index in [-0.39, 0.29) is 12.7 Å². The van der Waals surface area contributed by atoms with Gasteiger partial charge >= 0.3 is 5.69 Å². The van der Waals surface area contributed by atoms with E-state index < -0.39 is 17.5 Å². The number of nitrogens with one attached hydrogen (secondary N) is 1. The van der Waals surface area contributed by atoms with Gasteiger partial charge in [0, 0.05) is 18.2 Å². The Morgan fingerprint density at radius 3 is 2.94 bits per heavy atom. The average molecular weight is 238 g/mol. The van der Waals surface area contributed by atoms with E-state index in [0.29, 0.717) is 17.6 Å². The van der Waals surface area contributed by atoms with E-state index in [1.165, 1.54) is 10.8 Å². The fourth-order valence-corrected chi connectivity index (χ4v) is 1.85. The van der Waals surface area contributed by atoms with Crippen molar-refractivity contribution in [3.05, 3.63) is 44.8 Å². The van der Waals surface area contributed by atoms with Gasteiger partial charge in [-0.1, -0.05) is 6.58 Å². The second kappa shape index (κ2) is 4.31. The van der Waals surface area contributed by atoms with Crippen LogP contribution >= 0.6 is 0 Å². The van der Waals surface area contributed by atoms with Gasteiger partial charge in [-0.25, -0.2) is 4.79 Å². The van der Waals surface area contributed by atoms with Gasteiger partial charge in [0.15, 0.2) is 6.23 Å². The number of hydrogen-bond donors (Lipinski definition) is 2. The van der Waals surface area contributed by atoms with Crippen molar-refractivity contribution in [2.45, 2.75) is 25.7 Å². The van der Waals surface area contributed by atoms with Gasteiger partial charge in [-0.05, 0) is 12.5 Å². The number of hydrogen-bond acceptors (Lipinski definition) is 4. The number of aromatic nitrogens is 2. The summed E-state index contributed by atoms with van der Waals surface area (Å²) >= 11 is 0. The lowest BCUT2D eigenvalue weighted by Crippen LogP contribution is -2.33. The Balaban J connectivity index is 2.42. The standard InChI is InChI=1S/C11H14N2O4/c1-6-3-8(5-14)17-10(6)13-4-7(2)9(15)12-11(13)16/h4,8,10,14H,1,3,5H2,2H3,(H,12,15,16). The molecular weight excluding hydrogens is 224 g/mol. The van der Waals surface area contributed by atoms with Crippen molar-refractivity contribution < 1.29 is 9.84 Å². The monoisotopic (exact) mass is 238 g/mol. The topological polar surface area (TPSA) is 84.3 Å². The second-order valence-electron chi connectivity index (χ2n) is 4.13. The van der Waals surface area contributed by atoms with Crippen molar-refractivity contribution in [1.29, 1.82) is 0 Å². The summed E-state index contributed by atoms with van der Waals surface area (Å²) in [6.45, 7) is 5.30. The van der Waals surface area contributed by atoms with E-state index in [2.05, 4.69) is 11.6 Å². The van der Waals surface area contributed by atoms with E-state index in [1.807, 2.05) is 0 Å². The molecule has 1 aliphatic rings. The highest BCUT2D eigenvalue weighted by atomic mass is 16.5. The number of aliphatic hydroxyl groups is 1. The minimum Gasteiger partial charge on any atom is -0.394 e. The molecule has 0 bridgehead atoms. The van der Waals surface area contributed by atoms with E-state index in [1.54, 1.807) is 6.92 Å². The second-order valence-corrected chi connectivity index (χ2v) is 4.13. The van der Waals surface area contributed by atoms with E-state index >= 15 is 0 Å². The summed E-state index contributed by atoms with van der Waals surface area (Å²) in [7, 11) is 0. The molecule has 0 aliphatic carbocycles. The smallest absolute Gasteiger partial charge is 0.330 e. The molecule has 2 atom stereocenters. The third-order valence-electron chi connectivity index (χ3n) is 2.76. The van der Waals surface area contributed by atoms with Crippen LogP contribution in [0.5, 0.6) is 0 Å². The lowest BCUT2D eigenvalue weighted by Gasteiger charge is -2.15. The summed E-state index contributed by atoms with van der Waals surface area (Å²) in [6.07, 6.45) is 0.990. The van der Waals surface area contributed by atoms with Crippen LogP contribution in [0.4, 0.5) is 0 Å². The average Bonchev–Trinajstić information content (AvgIpc) is 2.65. The Hall–Kier alpha value is -1.66. The quantitative estimate of drug-likeness (QED) is 0.692. The van der Waals surface area contributed by atoms with Gasteiger partial charge in [0.25, 0.3) is 5.56 Å². The Bertz CT molecular complexity index is 557. The van der Waals surface area contributed by atoms with E-state index in [4.69, 9.17) is 9.84 Å². The Labute approximate surface area is 97.2 Å². The maximum atomic E-state index is 11.6. The largest absolute Gasteiger partial charge is 0.394 e. The first-order chi connectivity index (χ1) is 8.02. The van der Waals surface area contributed by atoms with Crippen LogP contribution in [0, 0.1) is 6.92 Å². The Morgan fingerprint density at radius 1 is 1.65 bits per heavy atom. The molecule has 6 nitrogen and oxygen atoms in total. The molecule has 2 rings (SSSR count). The predicted molar refractivity (Wildman–Crippen MR) is 60.8 cm³/mol. The molecule has 17 heavy (non-hydrogen) atoms. The van der Waals surface area contributed by atoms with Crippen molar-refractivity contribution in [3.8, 4) is 0 Å². The number of H-pyrrole nitrogens is 1. The molecule has 2 heterocycles. The highest BCUT2D eigenvalue weighted by Gasteiger charge is 2.30. The van der Waals surface area contributed by atoms with Gasteiger partial charge < -0.3 is 9.84 Å². The molecule has 2 unspecified atom stereocenters. The van der Waals surface area contributed by atoms with Crippen LogP contribution in [0.1, 0.15) is 18.2 Å². The minimum absolute atomic E-state index is 0.118. The van der Waals surface area contributed by atoms with E-state index in [9.17, 15) is 9.59 Å². The molecule has 0 aromatic carbocycles. The number of ether oxygens (including phenoxy) is 1. The number of nitrogens with zero attached hydrogens (tertiary/aromatic N) is 1. The molecule has 1 saturated heterocycles. The third-order valence-corrected chi connectivity index (χ3v) is 2.76. The lowest BCUT2D eigenvalue weighted by atomic mass is 10.1. The minimum atomic E-state index is -0.616. The first-order valence-electron chi connectivity index (χ1n) is 5.29. The van der Waals surface area contributed by atoms with Gasteiger partial charge in [0.1, 0.15) is 0 Å². The molecular formula is C11H14N2O4. The van der Waals surface area contributed by atoms with Gasteiger partial charge in [-0.2, -0.15) is 0 Å². The molecule has 0 amide bonds. The number of aromatic amines is 1. The SMILES string of the molecule is C=C1CC(CO)OC1n1cc(C)c(=O)[nH]c1=O. The third kappa shape index (κ3) is 2.09. The summed E-state index contributed by atoms with van der Waals surface area (Å²) in [6, 6.07) is 0. The van der Waals surface area contributed by atoms with Crippen LogP contribution in [0.2, 0.25) is 0 Å². The van der Waals surface area contributed by atoms with E-state index in [0.717, 1.165) is 0 Å². The van der Waals surface area contributed by atoms with Crippen LogP contribution < -0.4 is 11.2 Å². The summed E-state index contributed by atoms with van der Waals surface area (Å²) in [5.74, 6) is 0. The van der Waals surface area contributed by atoms with Crippen molar-refractivity contribution in [2.75, 3.05) is 6.61 Å². The zero-order valence-corrected chi connectivity index (χ0v) is 9.47. The predicted octanol–water partition coefficient (Wildman–Crippen LogP) is -0.319. The Kier molecular flexibility index (Phi) is 2.99. The molecule has 6 heteroatoms. The summed E-state index contributed by atoms with van der Waals surface area (Å²) in [4.78, 5) is 25.1. The Morgan fingerprint density at radius 2 is 2.35 bits per heavy atom. The number of aliphatic hydroxyl groups excluding tert-OH is 1. The molecule has 1 aliphatic heterocycles. The molecule has 0 saturated carbocycles. The molecule has 2 N–H and O–H groups in total. The molecule has 0 spiro atoms. The normalized spacial score (nSPS) is 24.2. The molecule has 1 fully saturated rings. The van der Waals surface area contributed by atoms with Crippen LogP contribution in [0.3, 0.4) is 0 Å². The maximum absolute atomic E-state index is 11.6. The number of rotatable bonds is 2. The van der Waals surface area contributed by atoms with Gasteiger partial charge in [-0.15, -0.1) is 0 Å².